The molecule has 3 fully saturated rings. The van der Waals surface area contributed by atoms with Gasteiger partial charge in [-0.3, -0.25) is 4.90 Å². The van der Waals surface area contributed by atoms with Gasteiger partial charge in [-0.05, 0) is 56.0 Å². The van der Waals surface area contributed by atoms with Gasteiger partial charge < -0.3 is 4.74 Å². The number of hydrogen-bond acceptors (Lipinski definition) is 3. The molecule has 3 heterocycles. The molecular formula is C16H21NO2. The van der Waals surface area contributed by atoms with Crippen LogP contribution >= 0.6 is 0 Å². The third-order valence-corrected chi connectivity index (χ3v) is 4.45. The van der Waals surface area contributed by atoms with E-state index in [2.05, 4.69) is 11.8 Å². The fourth-order valence-corrected chi connectivity index (χ4v) is 3.13. The molecule has 1 aromatic rings. The van der Waals surface area contributed by atoms with Crippen LogP contribution in [-0.4, -0.2) is 36.6 Å². The number of carbonyl (C=O) groups is 1. The molecule has 0 aliphatic carbocycles. The van der Waals surface area contributed by atoms with Crippen molar-refractivity contribution in [1.82, 2.24) is 4.90 Å². The minimum atomic E-state index is -0.165. The number of rotatable bonds is 3. The average Bonchev–Trinajstić information content (AvgIpc) is 2.48. The molecule has 1 aromatic carbocycles. The van der Waals surface area contributed by atoms with E-state index in [1.165, 1.54) is 31.5 Å². The van der Waals surface area contributed by atoms with Crippen molar-refractivity contribution in [2.75, 3.05) is 19.6 Å². The van der Waals surface area contributed by atoms with Gasteiger partial charge in [-0.2, -0.15) is 0 Å². The molecule has 0 spiro atoms. The fraction of sp³-hybridized carbons (Fsp3) is 0.562. The lowest BCUT2D eigenvalue weighted by Gasteiger charge is -2.43. The molecule has 0 aromatic heterocycles. The van der Waals surface area contributed by atoms with E-state index in [-0.39, 0.29) is 12.1 Å². The summed E-state index contributed by atoms with van der Waals surface area (Å²) in [7, 11) is 0. The first-order valence-electron chi connectivity index (χ1n) is 7.28. The smallest absolute Gasteiger partial charge is 0.338 e. The second kappa shape index (κ2) is 5.33. The summed E-state index contributed by atoms with van der Waals surface area (Å²) in [6.45, 7) is 5.37. The SMILES string of the molecule is CCc1ccc(C(=O)O[C@H]2CN3CCC2CC3)cc1. The molecule has 0 radical (unpaired) electrons. The number of nitrogens with zero attached hydrogens (tertiary/aromatic N) is 1. The second-order valence-corrected chi connectivity index (χ2v) is 5.63. The van der Waals surface area contributed by atoms with Crippen molar-refractivity contribution in [3.05, 3.63) is 35.4 Å². The summed E-state index contributed by atoms with van der Waals surface area (Å²) < 4.78 is 5.70. The Morgan fingerprint density at radius 2 is 1.95 bits per heavy atom. The van der Waals surface area contributed by atoms with Gasteiger partial charge in [0.15, 0.2) is 0 Å². The van der Waals surface area contributed by atoms with Crippen LogP contribution in [0.2, 0.25) is 0 Å². The molecule has 3 aliphatic rings. The van der Waals surface area contributed by atoms with Crippen LogP contribution < -0.4 is 0 Å². The Labute approximate surface area is 114 Å². The molecule has 0 saturated carbocycles. The van der Waals surface area contributed by atoms with Crippen molar-refractivity contribution < 1.29 is 9.53 Å². The standard InChI is InChI=1S/C16H21NO2/c1-2-12-3-5-14(6-4-12)16(18)19-15-11-17-9-7-13(15)8-10-17/h3-6,13,15H,2,7-11H2,1H3/t15-/m0/s1. The number of carbonyl (C=O) groups excluding carboxylic acids is 1. The van der Waals surface area contributed by atoms with Gasteiger partial charge in [0.25, 0.3) is 0 Å². The fourth-order valence-electron chi connectivity index (χ4n) is 3.13. The van der Waals surface area contributed by atoms with Crippen molar-refractivity contribution in [3.63, 3.8) is 0 Å². The molecular weight excluding hydrogens is 238 g/mol. The van der Waals surface area contributed by atoms with Crippen molar-refractivity contribution in [3.8, 4) is 0 Å². The Kier molecular flexibility index (Phi) is 3.56. The third-order valence-electron chi connectivity index (χ3n) is 4.45. The van der Waals surface area contributed by atoms with Crippen LogP contribution in [0.15, 0.2) is 24.3 Å². The van der Waals surface area contributed by atoms with Crippen LogP contribution in [0, 0.1) is 5.92 Å². The number of piperidine rings is 3. The zero-order chi connectivity index (χ0) is 13.2. The molecule has 4 rings (SSSR count). The van der Waals surface area contributed by atoms with Crippen LogP contribution in [0.3, 0.4) is 0 Å². The van der Waals surface area contributed by atoms with Gasteiger partial charge in [0, 0.05) is 6.54 Å². The lowest BCUT2D eigenvalue weighted by atomic mass is 9.86. The maximum atomic E-state index is 12.1. The Morgan fingerprint density at radius 1 is 1.26 bits per heavy atom. The van der Waals surface area contributed by atoms with Gasteiger partial charge >= 0.3 is 5.97 Å². The Hall–Kier alpha value is -1.35. The molecule has 3 heteroatoms. The second-order valence-electron chi connectivity index (χ2n) is 5.63. The summed E-state index contributed by atoms with van der Waals surface area (Å²) >= 11 is 0. The van der Waals surface area contributed by atoms with Gasteiger partial charge in [-0.25, -0.2) is 4.79 Å². The molecule has 3 nitrogen and oxygen atoms in total. The van der Waals surface area contributed by atoms with Crippen molar-refractivity contribution in [2.45, 2.75) is 32.3 Å². The minimum Gasteiger partial charge on any atom is -0.457 e. The maximum Gasteiger partial charge on any atom is 0.338 e. The monoisotopic (exact) mass is 259 g/mol. The summed E-state index contributed by atoms with van der Waals surface area (Å²) in [5.74, 6) is 0.408. The molecule has 0 N–H and O–H groups in total. The number of ether oxygens (including phenoxy) is 1. The minimum absolute atomic E-state index is 0.0980. The normalized spacial score (nSPS) is 29.2. The highest BCUT2D eigenvalue weighted by atomic mass is 16.5. The van der Waals surface area contributed by atoms with Gasteiger partial charge in [0.05, 0.1) is 5.56 Å². The molecule has 0 amide bonds. The van der Waals surface area contributed by atoms with E-state index in [4.69, 9.17) is 4.74 Å². The van der Waals surface area contributed by atoms with E-state index in [1.54, 1.807) is 0 Å². The van der Waals surface area contributed by atoms with Crippen molar-refractivity contribution >= 4 is 5.97 Å². The van der Waals surface area contributed by atoms with Crippen LogP contribution in [0.1, 0.15) is 35.7 Å². The number of hydrogen-bond donors (Lipinski definition) is 0. The maximum absolute atomic E-state index is 12.1. The summed E-state index contributed by atoms with van der Waals surface area (Å²) in [6, 6.07) is 7.77. The zero-order valence-corrected chi connectivity index (χ0v) is 11.5. The van der Waals surface area contributed by atoms with E-state index in [1.807, 2.05) is 24.3 Å². The summed E-state index contributed by atoms with van der Waals surface area (Å²) in [5.41, 5.74) is 1.92. The zero-order valence-electron chi connectivity index (χ0n) is 11.5. The summed E-state index contributed by atoms with van der Waals surface area (Å²) in [5, 5.41) is 0. The van der Waals surface area contributed by atoms with Crippen LogP contribution in [0.25, 0.3) is 0 Å². The van der Waals surface area contributed by atoms with Crippen LogP contribution in [0.5, 0.6) is 0 Å². The highest BCUT2D eigenvalue weighted by molar-refractivity contribution is 5.89. The van der Waals surface area contributed by atoms with E-state index in [0.29, 0.717) is 11.5 Å². The Bertz CT molecular complexity index is 446. The van der Waals surface area contributed by atoms with Gasteiger partial charge in [0.2, 0.25) is 0 Å². The van der Waals surface area contributed by atoms with Crippen molar-refractivity contribution in [2.24, 2.45) is 5.92 Å². The van der Waals surface area contributed by atoms with Crippen LogP contribution in [0.4, 0.5) is 0 Å². The summed E-state index contributed by atoms with van der Waals surface area (Å²) in [6.07, 6.45) is 3.44. The van der Waals surface area contributed by atoms with Gasteiger partial charge in [-0.15, -0.1) is 0 Å². The Morgan fingerprint density at radius 3 is 2.47 bits per heavy atom. The Balaban J connectivity index is 1.64. The lowest BCUT2D eigenvalue weighted by Crippen LogP contribution is -2.51. The predicted molar refractivity (Wildman–Crippen MR) is 74.2 cm³/mol. The first-order valence-corrected chi connectivity index (χ1v) is 7.28. The third kappa shape index (κ3) is 2.66. The number of aryl methyl sites for hydroxylation is 1. The summed E-state index contributed by atoms with van der Waals surface area (Å²) in [4.78, 5) is 14.5. The van der Waals surface area contributed by atoms with E-state index >= 15 is 0 Å². The molecule has 3 saturated heterocycles. The number of fused-ring (bicyclic) bond motifs is 3. The van der Waals surface area contributed by atoms with Crippen LogP contribution in [-0.2, 0) is 11.2 Å². The molecule has 0 unspecified atom stereocenters. The quantitative estimate of drug-likeness (QED) is 0.781. The first kappa shape index (κ1) is 12.7. The average molecular weight is 259 g/mol. The van der Waals surface area contributed by atoms with Crippen molar-refractivity contribution in [1.29, 1.82) is 0 Å². The predicted octanol–water partition coefficient (Wildman–Crippen LogP) is 2.50. The number of esters is 1. The molecule has 2 bridgehead atoms. The van der Waals surface area contributed by atoms with E-state index < -0.39 is 0 Å². The molecule has 19 heavy (non-hydrogen) atoms. The molecule has 3 aliphatic heterocycles. The van der Waals surface area contributed by atoms with E-state index in [9.17, 15) is 4.79 Å². The van der Waals surface area contributed by atoms with Gasteiger partial charge in [-0.1, -0.05) is 19.1 Å². The molecule has 1 atom stereocenters. The molecule has 102 valence electrons. The first-order chi connectivity index (χ1) is 9.26. The highest BCUT2D eigenvalue weighted by Gasteiger charge is 2.36. The lowest BCUT2D eigenvalue weighted by molar-refractivity contribution is -0.0455. The number of benzene rings is 1. The topological polar surface area (TPSA) is 29.5 Å². The largest absolute Gasteiger partial charge is 0.457 e. The highest BCUT2D eigenvalue weighted by Crippen LogP contribution is 2.30. The van der Waals surface area contributed by atoms with E-state index in [0.717, 1.165) is 13.0 Å². The van der Waals surface area contributed by atoms with Gasteiger partial charge in [0.1, 0.15) is 6.10 Å².